The van der Waals surface area contributed by atoms with Crippen LogP contribution >= 0.6 is 0 Å². The van der Waals surface area contributed by atoms with Crippen LogP contribution in [0.1, 0.15) is 6.92 Å². The van der Waals surface area contributed by atoms with Crippen molar-refractivity contribution in [1.82, 2.24) is 14.5 Å². The highest BCUT2D eigenvalue weighted by Crippen LogP contribution is 2.20. The van der Waals surface area contributed by atoms with Crippen LogP contribution in [-0.4, -0.2) is 36.3 Å². The Balaban J connectivity index is 1.72. The van der Waals surface area contributed by atoms with Crippen LogP contribution in [0.5, 0.6) is 5.75 Å². The first kappa shape index (κ1) is 22.1. The molecular formula is C20H20N4O6S. The van der Waals surface area contributed by atoms with E-state index in [1.165, 1.54) is 24.3 Å². The molecule has 3 rings (SSSR count). The molecule has 1 N–H and O–H groups in total. The van der Waals surface area contributed by atoms with Crippen molar-refractivity contribution in [1.29, 1.82) is 0 Å². The van der Waals surface area contributed by atoms with Gasteiger partial charge in [-0.15, -0.1) is 0 Å². The van der Waals surface area contributed by atoms with Gasteiger partial charge in [-0.05, 0) is 43.3 Å². The van der Waals surface area contributed by atoms with E-state index in [9.17, 15) is 23.3 Å². The molecule has 0 saturated heterocycles. The van der Waals surface area contributed by atoms with Crippen molar-refractivity contribution in [2.24, 2.45) is 0 Å². The van der Waals surface area contributed by atoms with Gasteiger partial charge in [0.1, 0.15) is 5.75 Å². The van der Waals surface area contributed by atoms with E-state index in [1.54, 1.807) is 18.2 Å². The van der Waals surface area contributed by atoms with Crippen molar-refractivity contribution >= 4 is 15.7 Å². The lowest BCUT2D eigenvalue weighted by Gasteiger charge is -2.10. The molecule has 0 radical (unpaired) electrons. The third kappa shape index (κ3) is 5.53. The smallest absolute Gasteiger partial charge is 0.270 e. The summed E-state index contributed by atoms with van der Waals surface area (Å²) in [7, 11) is -3.98. The number of benzene rings is 2. The number of nitro groups is 1. The van der Waals surface area contributed by atoms with E-state index in [4.69, 9.17) is 4.74 Å². The molecule has 0 atom stereocenters. The van der Waals surface area contributed by atoms with Crippen molar-refractivity contribution < 1.29 is 18.1 Å². The van der Waals surface area contributed by atoms with Crippen LogP contribution < -0.4 is 15.0 Å². The maximum Gasteiger partial charge on any atom is 0.270 e. The maximum absolute atomic E-state index is 12.4. The van der Waals surface area contributed by atoms with Crippen LogP contribution in [0.15, 0.2) is 70.4 Å². The molecule has 0 saturated carbocycles. The lowest BCUT2D eigenvalue weighted by atomic mass is 10.1. The summed E-state index contributed by atoms with van der Waals surface area (Å²) in [6.45, 7) is 2.30. The number of nitrogens with zero attached hydrogens (tertiary/aromatic N) is 3. The molecule has 0 unspecified atom stereocenters. The van der Waals surface area contributed by atoms with Gasteiger partial charge in [0, 0.05) is 30.3 Å². The van der Waals surface area contributed by atoms with Gasteiger partial charge in [0.05, 0.1) is 28.7 Å². The number of non-ortho nitro benzene ring substituents is 1. The lowest BCUT2D eigenvalue weighted by molar-refractivity contribution is -0.385. The van der Waals surface area contributed by atoms with Gasteiger partial charge in [-0.2, -0.15) is 5.10 Å². The first-order valence-corrected chi connectivity index (χ1v) is 10.8. The van der Waals surface area contributed by atoms with Gasteiger partial charge in [0.2, 0.25) is 10.0 Å². The zero-order chi connectivity index (χ0) is 22.4. The van der Waals surface area contributed by atoms with E-state index in [0.29, 0.717) is 12.3 Å². The van der Waals surface area contributed by atoms with Gasteiger partial charge >= 0.3 is 0 Å². The van der Waals surface area contributed by atoms with Gasteiger partial charge in [-0.3, -0.25) is 14.9 Å². The Morgan fingerprint density at radius 2 is 1.87 bits per heavy atom. The van der Waals surface area contributed by atoms with Crippen LogP contribution in [0.2, 0.25) is 0 Å². The molecule has 0 aliphatic rings. The van der Waals surface area contributed by atoms with E-state index in [2.05, 4.69) is 9.82 Å². The first-order chi connectivity index (χ1) is 14.8. The highest BCUT2D eigenvalue weighted by molar-refractivity contribution is 7.89. The van der Waals surface area contributed by atoms with Gasteiger partial charge in [-0.1, -0.05) is 6.07 Å². The number of nitro benzene ring substituents is 1. The number of rotatable bonds is 9. The van der Waals surface area contributed by atoms with E-state index in [0.717, 1.165) is 22.1 Å². The predicted molar refractivity (Wildman–Crippen MR) is 113 cm³/mol. The van der Waals surface area contributed by atoms with E-state index < -0.39 is 14.9 Å². The predicted octanol–water partition coefficient (Wildman–Crippen LogP) is 2.20. The zero-order valence-electron chi connectivity index (χ0n) is 16.6. The van der Waals surface area contributed by atoms with Gasteiger partial charge in [0.25, 0.3) is 11.2 Å². The molecule has 11 heteroatoms. The van der Waals surface area contributed by atoms with Crippen LogP contribution in [0.25, 0.3) is 11.3 Å². The summed E-state index contributed by atoms with van der Waals surface area (Å²) < 4.78 is 33.7. The fourth-order valence-electron chi connectivity index (χ4n) is 2.79. The Hall–Kier alpha value is -3.57. The molecule has 162 valence electrons. The van der Waals surface area contributed by atoms with Crippen LogP contribution in [0.4, 0.5) is 5.69 Å². The monoisotopic (exact) mass is 444 g/mol. The Kier molecular flexibility index (Phi) is 6.78. The molecule has 3 aromatic rings. The molecule has 0 aliphatic carbocycles. The fraction of sp³-hybridized carbons (Fsp3) is 0.200. The van der Waals surface area contributed by atoms with Crippen LogP contribution in [0, 0.1) is 10.1 Å². The molecule has 31 heavy (non-hydrogen) atoms. The number of hydrogen-bond donors (Lipinski definition) is 1. The standard InChI is InChI=1S/C20H20N4O6S/c1-2-30-17-8-6-15(7-9-17)19-10-11-20(25)23(22-19)13-12-21-31(28,29)18-5-3-4-16(14-18)24(26)27/h3-11,14,21H,2,12-13H2,1H3. The Labute approximate surface area is 178 Å². The second kappa shape index (κ2) is 9.49. The number of aromatic nitrogens is 2. The molecule has 0 spiro atoms. The topological polar surface area (TPSA) is 133 Å². The van der Waals surface area contributed by atoms with Crippen molar-refractivity contribution in [3.05, 3.63) is 81.1 Å². The van der Waals surface area contributed by atoms with Crippen molar-refractivity contribution in [3.63, 3.8) is 0 Å². The minimum Gasteiger partial charge on any atom is -0.494 e. The van der Waals surface area contributed by atoms with Crippen molar-refractivity contribution in [2.75, 3.05) is 13.2 Å². The average molecular weight is 444 g/mol. The molecule has 10 nitrogen and oxygen atoms in total. The molecular weight excluding hydrogens is 424 g/mol. The highest BCUT2D eigenvalue weighted by atomic mass is 32.2. The van der Waals surface area contributed by atoms with E-state index in [-0.39, 0.29) is 29.2 Å². The molecule has 0 fully saturated rings. The zero-order valence-corrected chi connectivity index (χ0v) is 17.4. The molecule has 0 amide bonds. The summed E-state index contributed by atoms with van der Waals surface area (Å²) in [5.74, 6) is 0.718. The molecule has 2 aromatic carbocycles. The van der Waals surface area contributed by atoms with Crippen molar-refractivity contribution in [2.45, 2.75) is 18.4 Å². The fourth-order valence-corrected chi connectivity index (χ4v) is 3.85. The van der Waals surface area contributed by atoms with E-state index in [1.807, 2.05) is 19.1 Å². The quantitative estimate of drug-likeness (QED) is 0.395. The largest absolute Gasteiger partial charge is 0.494 e. The average Bonchev–Trinajstić information content (AvgIpc) is 2.76. The first-order valence-electron chi connectivity index (χ1n) is 9.35. The summed E-state index contributed by atoms with van der Waals surface area (Å²) >= 11 is 0. The molecule has 0 aliphatic heterocycles. The maximum atomic E-state index is 12.4. The highest BCUT2D eigenvalue weighted by Gasteiger charge is 2.17. The van der Waals surface area contributed by atoms with Crippen LogP contribution in [-0.2, 0) is 16.6 Å². The second-order valence-corrected chi connectivity index (χ2v) is 8.16. The summed E-state index contributed by atoms with van der Waals surface area (Å²) in [5, 5.41) is 15.1. The number of nitrogens with one attached hydrogen (secondary N) is 1. The van der Waals surface area contributed by atoms with Gasteiger partial charge < -0.3 is 4.74 Å². The van der Waals surface area contributed by atoms with Crippen LogP contribution in [0.3, 0.4) is 0 Å². The number of hydrogen-bond acceptors (Lipinski definition) is 7. The third-order valence-electron chi connectivity index (χ3n) is 4.28. The van der Waals surface area contributed by atoms with Gasteiger partial charge in [-0.25, -0.2) is 17.8 Å². The summed E-state index contributed by atoms with van der Waals surface area (Å²) in [4.78, 5) is 22.1. The van der Waals surface area contributed by atoms with Crippen molar-refractivity contribution in [3.8, 4) is 17.0 Å². The number of sulfonamides is 1. The van der Waals surface area contributed by atoms with Gasteiger partial charge in [0.15, 0.2) is 0 Å². The normalized spacial score (nSPS) is 11.3. The Bertz CT molecular complexity index is 1240. The molecule has 1 heterocycles. The third-order valence-corrected chi connectivity index (χ3v) is 5.74. The minimum atomic E-state index is -3.98. The minimum absolute atomic E-state index is 0.0160. The second-order valence-electron chi connectivity index (χ2n) is 6.39. The van der Waals surface area contributed by atoms with E-state index >= 15 is 0 Å². The summed E-state index contributed by atoms with van der Waals surface area (Å²) in [6, 6.07) is 14.9. The Morgan fingerprint density at radius 3 is 2.55 bits per heavy atom. The lowest BCUT2D eigenvalue weighted by Crippen LogP contribution is -2.32. The summed E-state index contributed by atoms with van der Waals surface area (Å²) in [5.41, 5.74) is 0.603. The Morgan fingerprint density at radius 1 is 1.13 bits per heavy atom. The summed E-state index contributed by atoms with van der Waals surface area (Å²) in [6.07, 6.45) is 0. The number of ether oxygens (including phenoxy) is 1. The molecule has 0 bridgehead atoms. The molecule has 1 aromatic heterocycles. The SMILES string of the molecule is CCOc1ccc(-c2ccc(=O)n(CCNS(=O)(=O)c3cccc([N+](=O)[O-])c3)n2)cc1.